The lowest BCUT2D eigenvalue weighted by molar-refractivity contribution is -0.140. The molecular formula is C20H18FNO3S. The molecule has 0 saturated carbocycles. The van der Waals surface area contributed by atoms with E-state index in [2.05, 4.69) is 5.32 Å². The molecule has 2 atom stereocenters. The zero-order valence-electron chi connectivity index (χ0n) is 14.3. The van der Waals surface area contributed by atoms with Crippen molar-refractivity contribution in [2.24, 2.45) is 0 Å². The molecule has 0 unspecified atom stereocenters. The van der Waals surface area contributed by atoms with Crippen LogP contribution in [0.3, 0.4) is 0 Å². The first-order chi connectivity index (χ1) is 12.5. The molecule has 134 valence electrons. The number of rotatable bonds is 2. The molecule has 0 saturated heterocycles. The average Bonchev–Trinajstić information content (AvgIpc) is 2.62. The molecule has 0 bridgehead atoms. The van der Waals surface area contributed by atoms with E-state index in [1.807, 2.05) is 12.1 Å². The maximum atomic E-state index is 13.7. The molecule has 2 aromatic carbocycles. The summed E-state index contributed by atoms with van der Waals surface area (Å²) >= 11 is 1.65. The summed E-state index contributed by atoms with van der Waals surface area (Å²) in [7, 11) is 0. The second-order valence-electron chi connectivity index (χ2n) is 6.80. The first-order valence-corrected chi connectivity index (χ1v) is 9.49. The average molecular weight is 371 g/mol. The first-order valence-electron chi connectivity index (χ1n) is 8.51. The van der Waals surface area contributed by atoms with Gasteiger partial charge in [0, 0.05) is 17.1 Å². The third kappa shape index (κ3) is 2.98. The quantitative estimate of drug-likeness (QED) is 0.819. The second kappa shape index (κ2) is 6.43. The number of cyclic esters (lactones) is 1. The van der Waals surface area contributed by atoms with Crippen LogP contribution in [0.5, 0.6) is 0 Å². The number of hydrogen-bond donors (Lipinski definition) is 1. The highest BCUT2D eigenvalue weighted by Gasteiger charge is 2.43. The van der Waals surface area contributed by atoms with E-state index in [9.17, 15) is 14.0 Å². The Hall–Kier alpha value is -2.34. The number of esters is 1. The molecule has 0 spiro atoms. The van der Waals surface area contributed by atoms with E-state index in [0.717, 1.165) is 21.8 Å². The highest BCUT2D eigenvalue weighted by molar-refractivity contribution is 7.99. The van der Waals surface area contributed by atoms with Crippen molar-refractivity contribution >= 4 is 23.6 Å². The van der Waals surface area contributed by atoms with Crippen LogP contribution in [-0.2, 0) is 16.0 Å². The van der Waals surface area contributed by atoms with E-state index in [4.69, 9.17) is 4.74 Å². The Kier molecular flexibility index (Phi) is 4.23. The monoisotopic (exact) mass is 371 g/mol. The van der Waals surface area contributed by atoms with Crippen LogP contribution in [0.25, 0.3) is 0 Å². The summed E-state index contributed by atoms with van der Waals surface area (Å²) in [5.74, 6) is -0.333. The van der Waals surface area contributed by atoms with Gasteiger partial charge in [-0.05, 0) is 48.7 Å². The number of carbonyl (C=O) groups is 2. The molecule has 26 heavy (non-hydrogen) atoms. The molecule has 0 aliphatic carbocycles. The fourth-order valence-electron chi connectivity index (χ4n) is 3.49. The Balaban J connectivity index is 1.58. The second-order valence-corrected chi connectivity index (χ2v) is 7.94. The molecule has 0 fully saturated rings. The number of halogens is 1. The van der Waals surface area contributed by atoms with Crippen LogP contribution in [0.1, 0.15) is 40.9 Å². The molecule has 4 nitrogen and oxygen atoms in total. The summed E-state index contributed by atoms with van der Waals surface area (Å²) in [5.41, 5.74) is 0.802. The zero-order valence-corrected chi connectivity index (χ0v) is 15.1. The number of benzene rings is 2. The van der Waals surface area contributed by atoms with E-state index < -0.39 is 11.6 Å². The molecular weight excluding hydrogens is 353 g/mol. The molecule has 1 N–H and O–H groups in total. The molecule has 2 aliphatic rings. The van der Waals surface area contributed by atoms with Crippen molar-refractivity contribution in [3.63, 3.8) is 0 Å². The van der Waals surface area contributed by atoms with Gasteiger partial charge in [-0.15, -0.1) is 11.8 Å². The van der Waals surface area contributed by atoms with Crippen LogP contribution in [-0.4, -0.2) is 23.2 Å². The van der Waals surface area contributed by atoms with Crippen molar-refractivity contribution < 1.29 is 18.7 Å². The minimum Gasteiger partial charge on any atom is -0.445 e. The summed E-state index contributed by atoms with van der Waals surface area (Å²) in [6.07, 6.45) is 1.02. The Morgan fingerprint density at radius 2 is 2.12 bits per heavy atom. The van der Waals surface area contributed by atoms with Crippen molar-refractivity contribution in [3.05, 3.63) is 65.0 Å². The summed E-state index contributed by atoms with van der Waals surface area (Å²) in [6.45, 7) is 1.63. The smallest absolute Gasteiger partial charge is 0.339 e. The minimum absolute atomic E-state index is 0.290. The van der Waals surface area contributed by atoms with Crippen molar-refractivity contribution in [3.8, 4) is 0 Å². The Bertz CT molecular complexity index is 900. The standard InChI is InChI=1S/C20H18FNO3S/c1-20(11-12-4-2-3-5-14(12)18(23)25-20)19(24)22-16-8-9-26-17-7-6-13(21)10-15(16)17/h2-7,10,16H,8-9,11H2,1H3,(H,22,24)/t16-,20-/m1/s1. The van der Waals surface area contributed by atoms with Crippen LogP contribution >= 0.6 is 11.8 Å². The Labute approximate surface area is 155 Å². The lowest BCUT2D eigenvalue weighted by Gasteiger charge is -2.35. The fourth-order valence-corrected chi connectivity index (χ4v) is 4.59. The minimum atomic E-state index is -1.27. The molecule has 1 amide bonds. The summed E-state index contributed by atoms with van der Waals surface area (Å²) in [6, 6.07) is 11.5. The lowest BCUT2D eigenvalue weighted by atomic mass is 9.88. The summed E-state index contributed by atoms with van der Waals surface area (Å²) in [5, 5.41) is 2.97. The largest absolute Gasteiger partial charge is 0.445 e. The van der Waals surface area contributed by atoms with E-state index in [1.54, 1.807) is 36.9 Å². The SMILES string of the molecule is C[C@]1(C(=O)N[C@@H]2CCSc3ccc(F)cc32)Cc2ccccc2C(=O)O1. The van der Waals surface area contributed by atoms with E-state index in [0.29, 0.717) is 18.4 Å². The van der Waals surface area contributed by atoms with Gasteiger partial charge in [0.05, 0.1) is 11.6 Å². The molecule has 0 radical (unpaired) electrons. The van der Waals surface area contributed by atoms with Crippen LogP contribution in [0.2, 0.25) is 0 Å². The van der Waals surface area contributed by atoms with Crippen molar-refractivity contribution in [2.75, 3.05) is 5.75 Å². The predicted octanol–water partition coefficient (Wildman–Crippen LogP) is 3.65. The molecule has 4 rings (SSSR count). The molecule has 2 heterocycles. The fraction of sp³-hybridized carbons (Fsp3) is 0.300. The van der Waals surface area contributed by atoms with Crippen molar-refractivity contribution in [1.29, 1.82) is 0 Å². The summed E-state index contributed by atoms with van der Waals surface area (Å²) in [4.78, 5) is 26.2. The van der Waals surface area contributed by atoms with Crippen LogP contribution in [0.4, 0.5) is 4.39 Å². The number of amides is 1. The number of fused-ring (bicyclic) bond motifs is 2. The van der Waals surface area contributed by atoms with Gasteiger partial charge in [0.2, 0.25) is 0 Å². The Morgan fingerprint density at radius 1 is 1.31 bits per heavy atom. The van der Waals surface area contributed by atoms with Gasteiger partial charge in [0.1, 0.15) is 5.82 Å². The Morgan fingerprint density at radius 3 is 2.96 bits per heavy atom. The van der Waals surface area contributed by atoms with Gasteiger partial charge in [-0.3, -0.25) is 4.79 Å². The van der Waals surface area contributed by atoms with Gasteiger partial charge >= 0.3 is 5.97 Å². The molecule has 6 heteroatoms. The molecule has 2 aromatic rings. The number of carbonyl (C=O) groups excluding carboxylic acids is 2. The normalized spacial score (nSPS) is 24.2. The maximum absolute atomic E-state index is 13.7. The van der Waals surface area contributed by atoms with Gasteiger partial charge in [-0.25, -0.2) is 9.18 Å². The lowest BCUT2D eigenvalue weighted by Crippen LogP contribution is -2.52. The van der Waals surface area contributed by atoms with Crippen molar-refractivity contribution in [1.82, 2.24) is 5.32 Å². The maximum Gasteiger partial charge on any atom is 0.339 e. The van der Waals surface area contributed by atoms with Gasteiger partial charge < -0.3 is 10.1 Å². The molecule has 2 aliphatic heterocycles. The number of thioether (sulfide) groups is 1. The van der Waals surface area contributed by atoms with Crippen LogP contribution < -0.4 is 5.32 Å². The van der Waals surface area contributed by atoms with Crippen LogP contribution in [0, 0.1) is 5.82 Å². The van der Waals surface area contributed by atoms with Crippen LogP contribution in [0.15, 0.2) is 47.4 Å². The topological polar surface area (TPSA) is 55.4 Å². The van der Waals surface area contributed by atoms with Gasteiger partial charge in [0.15, 0.2) is 5.60 Å². The van der Waals surface area contributed by atoms with E-state index in [-0.39, 0.29) is 17.8 Å². The predicted molar refractivity (Wildman–Crippen MR) is 96.6 cm³/mol. The van der Waals surface area contributed by atoms with E-state index >= 15 is 0 Å². The first kappa shape index (κ1) is 17.1. The highest BCUT2D eigenvalue weighted by Crippen LogP contribution is 2.37. The highest BCUT2D eigenvalue weighted by atomic mass is 32.2. The van der Waals surface area contributed by atoms with Gasteiger partial charge in [0.25, 0.3) is 5.91 Å². The number of nitrogens with one attached hydrogen (secondary N) is 1. The van der Waals surface area contributed by atoms with Crippen molar-refractivity contribution in [2.45, 2.75) is 36.3 Å². The van der Waals surface area contributed by atoms with Gasteiger partial charge in [-0.2, -0.15) is 0 Å². The number of hydrogen-bond acceptors (Lipinski definition) is 4. The molecule has 0 aromatic heterocycles. The van der Waals surface area contributed by atoms with E-state index in [1.165, 1.54) is 12.1 Å². The summed E-state index contributed by atoms with van der Waals surface area (Å²) < 4.78 is 19.1. The third-order valence-electron chi connectivity index (χ3n) is 4.88. The number of ether oxygens (including phenoxy) is 1. The van der Waals surface area contributed by atoms with Gasteiger partial charge in [-0.1, -0.05) is 18.2 Å². The third-order valence-corrected chi connectivity index (χ3v) is 6.00. The zero-order chi connectivity index (χ0) is 18.3.